The molecular weight excluding hydrogens is 128 g/mol. The number of benzene rings is 1. The molecular formula is C8H8S. The lowest BCUT2D eigenvalue weighted by molar-refractivity contribution is 1.41. The van der Waals surface area contributed by atoms with Gasteiger partial charge in [0.25, 0.3) is 0 Å². The Morgan fingerprint density at radius 3 is 1.78 bits per heavy atom. The number of hydrogen-bond donors (Lipinski definition) is 0. The van der Waals surface area contributed by atoms with E-state index in [9.17, 15) is 0 Å². The average Bonchev–Trinajstić information content (AvgIpc) is 2.21. The molecule has 3 rings (SSSR count). The lowest BCUT2D eigenvalue weighted by atomic mass is 10.2. The standard InChI is InChI=1S/C8H8S/c1-2-8-4-3-7(1)5-9-6-8/h1-4H,5-6H2. The summed E-state index contributed by atoms with van der Waals surface area (Å²) in [5, 5.41) is 0. The molecule has 0 amide bonds. The van der Waals surface area contributed by atoms with Crippen LogP contribution in [0.1, 0.15) is 11.1 Å². The minimum absolute atomic E-state index is 1.19. The monoisotopic (exact) mass is 136 g/mol. The molecule has 1 aromatic carbocycles. The lowest BCUT2D eigenvalue weighted by Crippen LogP contribution is -1.72. The van der Waals surface area contributed by atoms with Gasteiger partial charge in [-0.3, -0.25) is 0 Å². The van der Waals surface area contributed by atoms with Crippen LogP contribution >= 0.6 is 11.8 Å². The molecule has 0 N–H and O–H groups in total. The minimum Gasteiger partial charge on any atom is -0.152 e. The third-order valence-corrected chi connectivity index (χ3v) is 2.64. The molecule has 0 fully saturated rings. The maximum Gasteiger partial charge on any atom is 0.0187 e. The molecule has 0 spiro atoms. The van der Waals surface area contributed by atoms with E-state index in [1.165, 1.54) is 22.6 Å². The van der Waals surface area contributed by atoms with Crippen LogP contribution in [-0.4, -0.2) is 0 Å². The molecule has 0 aliphatic carbocycles. The quantitative estimate of drug-likeness (QED) is 0.528. The topological polar surface area (TPSA) is 0 Å². The van der Waals surface area contributed by atoms with Gasteiger partial charge in [-0.05, 0) is 11.1 Å². The number of fused-ring (bicyclic) bond motifs is 4. The molecule has 0 aromatic heterocycles. The van der Waals surface area contributed by atoms with Crippen molar-refractivity contribution in [2.45, 2.75) is 11.5 Å². The minimum atomic E-state index is 1.19. The van der Waals surface area contributed by atoms with Crippen LogP contribution in [0.5, 0.6) is 0 Å². The predicted octanol–water partition coefficient (Wildman–Crippen LogP) is 2.43. The Balaban J connectivity index is 2.53. The maximum absolute atomic E-state index is 2.22. The van der Waals surface area contributed by atoms with Crippen molar-refractivity contribution in [2.24, 2.45) is 0 Å². The van der Waals surface area contributed by atoms with Crippen LogP contribution in [0.2, 0.25) is 0 Å². The largest absolute Gasteiger partial charge is 0.152 e. The molecule has 2 heterocycles. The van der Waals surface area contributed by atoms with Gasteiger partial charge in [0, 0.05) is 11.5 Å². The van der Waals surface area contributed by atoms with Crippen molar-refractivity contribution < 1.29 is 0 Å². The zero-order valence-electron chi connectivity index (χ0n) is 5.13. The molecule has 2 bridgehead atoms. The Bertz CT molecular complexity index is 177. The summed E-state index contributed by atoms with van der Waals surface area (Å²) in [6.07, 6.45) is 0. The SMILES string of the molecule is c1cc2ccc1CSC2. The van der Waals surface area contributed by atoms with Crippen LogP contribution in [0.3, 0.4) is 0 Å². The van der Waals surface area contributed by atoms with Gasteiger partial charge >= 0.3 is 0 Å². The highest BCUT2D eigenvalue weighted by atomic mass is 32.2. The molecule has 46 valence electrons. The van der Waals surface area contributed by atoms with Gasteiger partial charge in [0.05, 0.1) is 0 Å². The fourth-order valence-electron chi connectivity index (χ4n) is 1.02. The Hall–Kier alpha value is -0.430. The van der Waals surface area contributed by atoms with Crippen LogP contribution in [0.25, 0.3) is 0 Å². The van der Waals surface area contributed by atoms with Crippen LogP contribution in [0, 0.1) is 0 Å². The fraction of sp³-hybridized carbons (Fsp3) is 0.250. The predicted molar refractivity (Wildman–Crippen MR) is 41.4 cm³/mol. The van der Waals surface area contributed by atoms with E-state index in [1.807, 2.05) is 11.8 Å². The zero-order chi connectivity index (χ0) is 6.10. The van der Waals surface area contributed by atoms with Crippen molar-refractivity contribution in [3.63, 3.8) is 0 Å². The van der Waals surface area contributed by atoms with Crippen molar-refractivity contribution in [3.05, 3.63) is 35.4 Å². The van der Waals surface area contributed by atoms with Gasteiger partial charge in [0.15, 0.2) is 0 Å². The second-order valence-corrected chi connectivity index (χ2v) is 3.29. The highest BCUT2D eigenvalue weighted by Gasteiger charge is 2.00. The van der Waals surface area contributed by atoms with E-state index in [4.69, 9.17) is 0 Å². The van der Waals surface area contributed by atoms with Crippen LogP contribution < -0.4 is 0 Å². The van der Waals surface area contributed by atoms with Crippen LogP contribution in [0.4, 0.5) is 0 Å². The molecule has 2 aliphatic heterocycles. The molecule has 0 saturated heterocycles. The summed E-state index contributed by atoms with van der Waals surface area (Å²) in [5.41, 5.74) is 2.92. The average molecular weight is 136 g/mol. The molecule has 9 heavy (non-hydrogen) atoms. The van der Waals surface area contributed by atoms with E-state index in [1.54, 1.807) is 0 Å². The van der Waals surface area contributed by atoms with Crippen molar-refractivity contribution in [2.75, 3.05) is 0 Å². The molecule has 0 nitrogen and oxygen atoms in total. The Kier molecular flexibility index (Phi) is 1.23. The molecule has 0 saturated carbocycles. The first-order valence-electron chi connectivity index (χ1n) is 3.11. The van der Waals surface area contributed by atoms with Crippen molar-refractivity contribution in [3.8, 4) is 0 Å². The van der Waals surface area contributed by atoms with Crippen LogP contribution in [0.15, 0.2) is 24.3 Å². The fourth-order valence-corrected chi connectivity index (χ4v) is 1.98. The van der Waals surface area contributed by atoms with Gasteiger partial charge in [-0.25, -0.2) is 0 Å². The van der Waals surface area contributed by atoms with E-state index >= 15 is 0 Å². The van der Waals surface area contributed by atoms with E-state index in [2.05, 4.69) is 24.3 Å². The summed E-state index contributed by atoms with van der Waals surface area (Å²) in [4.78, 5) is 0. The first-order chi connectivity index (χ1) is 4.45. The summed E-state index contributed by atoms with van der Waals surface area (Å²) >= 11 is 2.00. The summed E-state index contributed by atoms with van der Waals surface area (Å²) in [5.74, 6) is 2.38. The molecule has 2 aliphatic rings. The first-order valence-corrected chi connectivity index (χ1v) is 4.26. The van der Waals surface area contributed by atoms with Crippen LogP contribution in [-0.2, 0) is 11.5 Å². The van der Waals surface area contributed by atoms with Gasteiger partial charge in [0.2, 0.25) is 0 Å². The van der Waals surface area contributed by atoms with Gasteiger partial charge in [-0.15, -0.1) is 0 Å². The highest BCUT2D eigenvalue weighted by Crippen LogP contribution is 2.22. The highest BCUT2D eigenvalue weighted by molar-refractivity contribution is 7.97. The summed E-state index contributed by atoms with van der Waals surface area (Å²) in [6, 6.07) is 8.87. The van der Waals surface area contributed by atoms with E-state index in [-0.39, 0.29) is 0 Å². The third kappa shape index (κ3) is 0.969. The second-order valence-electron chi connectivity index (χ2n) is 2.31. The van der Waals surface area contributed by atoms with Crippen molar-refractivity contribution in [1.29, 1.82) is 0 Å². The smallest absolute Gasteiger partial charge is 0.0187 e. The molecule has 1 aromatic rings. The van der Waals surface area contributed by atoms with Gasteiger partial charge < -0.3 is 0 Å². The maximum atomic E-state index is 2.22. The number of thioether (sulfide) groups is 1. The molecule has 0 atom stereocenters. The molecule has 0 unspecified atom stereocenters. The normalized spacial score (nSPS) is 15.6. The molecule has 0 radical (unpaired) electrons. The Morgan fingerprint density at radius 1 is 0.889 bits per heavy atom. The number of hydrogen-bond acceptors (Lipinski definition) is 1. The zero-order valence-corrected chi connectivity index (χ0v) is 5.95. The summed E-state index contributed by atoms with van der Waals surface area (Å²) in [7, 11) is 0. The third-order valence-electron chi connectivity index (χ3n) is 1.56. The van der Waals surface area contributed by atoms with Crippen molar-refractivity contribution in [1.82, 2.24) is 0 Å². The lowest BCUT2D eigenvalue weighted by Gasteiger charge is -1.88. The van der Waals surface area contributed by atoms with Gasteiger partial charge in [-0.1, -0.05) is 24.3 Å². The van der Waals surface area contributed by atoms with E-state index in [0.717, 1.165) is 0 Å². The Labute approximate surface area is 59.3 Å². The summed E-state index contributed by atoms with van der Waals surface area (Å²) in [6.45, 7) is 0. The number of rotatable bonds is 0. The van der Waals surface area contributed by atoms with Gasteiger partial charge in [-0.2, -0.15) is 11.8 Å². The second kappa shape index (κ2) is 2.07. The van der Waals surface area contributed by atoms with E-state index in [0.29, 0.717) is 0 Å². The first kappa shape index (κ1) is 5.36. The van der Waals surface area contributed by atoms with E-state index < -0.39 is 0 Å². The van der Waals surface area contributed by atoms with Gasteiger partial charge in [0.1, 0.15) is 0 Å². The van der Waals surface area contributed by atoms with Crippen molar-refractivity contribution >= 4 is 11.8 Å². The Morgan fingerprint density at radius 2 is 1.33 bits per heavy atom. The summed E-state index contributed by atoms with van der Waals surface area (Å²) < 4.78 is 0. The molecule has 1 heteroatoms.